The summed E-state index contributed by atoms with van der Waals surface area (Å²) in [4.78, 5) is 17.6. The van der Waals surface area contributed by atoms with Crippen LogP contribution in [0.1, 0.15) is 54.3 Å². The summed E-state index contributed by atoms with van der Waals surface area (Å²) < 4.78 is 68.3. The summed E-state index contributed by atoms with van der Waals surface area (Å²) in [7, 11) is 4.33. The standard InChI is InChI=1S/C32H33F3N4O6/c1-30(2)16-45-28-21(30)13-25(37-27(28)17-6-9-22(42-3)23(11-17)43-4)31(41,32(33,34)35)15-36-29(40)18-10-19-14-39(20-7-8-20)38-26(19)24(12-18)44-5/h6,9-14,20,41H,7-8,15-16H2,1-5H3,(H,36,40)/t31-/m1/s1. The molecule has 1 atom stereocenters. The lowest BCUT2D eigenvalue weighted by Gasteiger charge is -2.31. The maximum absolute atomic E-state index is 14.8. The van der Waals surface area contributed by atoms with E-state index in [1.807, 2.05) is 13.8 Å². The molecule has 10 nitrogen and oxygen atoms in total. The monoisotopic (exact) mass is 626 g/mol. The van der Waals surface area contributed by atoms with Gasteiger partial charge in [-0.15, -0.1) is 0 Å². The molecule has 13 heteroatoms. The predicted molar refractivity (Wildman–Crippen MR) is 158 cm³/mol. The summed E-state index contributed by atoms with van der Waals surface area (Å²) in [5.74, 6) is 0.532. The van der Waals surface area contributed by atoms with Crippen LogP contribution in [0.15, 0.2) is 42.6 Å². The summed E-state index contributed by atoms with van der Waals surface area (Å²) in [6.07, 6.45) is -1.44. The molecule has 0 saturated heterocycles. The van der Waals surface area contributed by atoms with Crippen LogP contribution in [0.3, 0.4) is 0 Å². The molecule has 1 aliphatic carbocycles. The van der Waals surface area contributed by atoms with E-state index in [-0.39, 0.29) is 23.9 Å². The first-order chi connectivity index (χ1) is 21.3. The quantitative estimate of drug-likeness (QED) is 0.257. The summed E-state index contributed by atoms with van der Waals surface area (Å²) in [6.45, 7) is 2.64. The molecule has 0 unspecified atom stereocenters. The molecule has 238 valence electrons. The van der Waals surface area contributed by atoms with Gasteiger partial charge in [-0.3, -0.25) is 9.48 Å². The van der Waals surface area contributed by atoms with Crippen LogP contribution in [0.4, 0.5) is 13.2 Å². The molecule has 2 aromatic heterocycles. The maximum Gasteiger partial charge on any atom is 0.424 e. The van der Waals surface area contributed by atoms with Gasteiger partial charge >= 0.3 is 6.18 Å². The van der Waals surface area contributed by atoms with Gasteiger partial charge in [0.15, 0.2) is 11.5 Å². The number of pyridine rings is 1. The van der Waals surface area contributed by atoms with Crippen LogP contribution in [-0.4, -0.2) is 66.4 Å². The van der Waals surface area contributed by atoms with Crippen LogP contribution in [0.2, 0.25) is 0 Å². The Labute approximate surface area is 257 Å². The first-order valence-electron chi connectivity index (χ1n) is 14.3. The van der Waals surface area contributed by atoms with Crippen LogP contribution >= 0.6 is 0 Å². The molecule has 1 aliphatic heterocycles. The number of nitrogens with zero attached hydrogens (tertiary/aromatic N) is 3. The summed E-state index contributed by atoms with van der Waals surface area (Å²) >= 11 is 0. The second-order valence-electron chi connectivity index (χ2n) is 12.0. The van der Waals surface area contributed by atoms with Crippen molar-refractivity contribution < 1.29 is 42.0 Å². The van der Waals surface area contributed by atoms with E-state index in [1.54, 1.807) is 29.1 Å². The maximum atomic E-state index is 14.8. The van der Waals surface area contributed by atoms with E-state index in [0.717, 1.165) is 12.8 Å². The molecule has 3 heterocycles. The molecule has 2 aromatic carbocycles. The number of hydrogen-bond acceptors (Lipinski definition) is 8. The van der Waals surface area contributed by atoms with Crippen LogP contribution < -0.4 is 24.3 Å². The largest absolute Gasteiger partial charge is 0.494 e. The smallest absolute Gasteiger partial charge is 0.424 e. The Balaban J connectivity index is 1.39. The Bertz CT molecular complexity index is 1800. The van der Waals surface area contributed by atoms with Gasteiger partial charge in [-0.25, -0.2) is 4.98 Å². The van der Waals surface area contributed by atoms with Gasteiger partial charge in [-0.05, 0) is 49.2 Å². The molecule has 45 heavy (non-hydrogen) atoms. The van der Waals surface area contributed by atoms with Gasteiger partial charge in [-0.1, -0.05) is 13.8 Å². The van der Waals surface area contributed by atoms with Gasteiger partial charge in [0.1, 0.15) is 22.7 Å². The summed E-state index contributed by atoms with van der Waals surface area (Å²) in [5.41, 5.74) is -3.40. The molecule has 1 amide bonds. The van der Waals surface area contributed by atoms with E-state index in [1.165, 1.54) is 39.5 Å². The highest BCUT2D eigenvalue weighted by Gasteiger charge is 2.57. The molecule has 0 radical (unpaired) electrons. The summed E-state index contributed by atoms with van der Waals surface area (Å²) in [6, 6.07) is 9.22. The molecule has 0 spiro atoms. The number of amides is 1. The molecule has 2 N–H and O–H groups in total. The Morgan fingerprint density at radius 1 is 1.07 bits per heavy atom. The minimum atomic E-state index is -5.22. The van der Waals surface area contributed by atoms with Gasteiger partial charge in [-0.2, -0.15) is 18.3 Å². The van der Waals surface area contributed by atoms with Crippen molar-refractivity contribution in [1.82, 2.24) is 20.1 Å². The van der Waals surface area contributed by atoms with E-state index >= 15 is 0 Å². The number of ether oxygens (including phenoxy) is 4. The number of fused-ring (bicyclic) bond motifs is 2. The number of halogens is 3. The van der Waals surface area contributed by atoms with Crippen molar-refractivity contribution in [2.45, 2.75) is 49.9 Å². The fourth-order valence-electron chi connectivity index (χ4n) is 5.48. The number of nitrogens with one attached hydrogen (secondary N) is 1. The van der Waals surface area contributed by atoms with E-state index < -0.39 is 35.3 Å². The highest BCUT2D eigenvalue weighted by atomic mass is 19.4. The van der Waals surface area contributed by atoms with Crippen molar-refractivity contribution in [3.8, 4) is 34.3 Å². The van der Waals surface area contributed by atoms with E-state index in [9.17, 15) is 23.1 Å². The highest BCUT2D eigenvalue weighted by Crippen LogP contribution is 2.48. The first kappa shape index (κ1) is 30.5. The predicted octanol–water partition coefficient (Wildman–Crippen LogP) is 5.31. The van der Waals surface area contributed by atoms with E-state index in [4.69, 9.17) is 18.9 Å². The SMILES string of the molecule is COc1ccc(-c2nc([C@](O)(CNC(=O)c3cc(OC)c4nn(C5CC5)cc4c3)C(F)(F)F)cc3c2OCC3(C)C)cc1OC. The number of carbonyl (C=O) groups is 1. The van der Waals surface area contributed by atoms with Gasteiger partial charge in [0.25, 0.3) is 5.91 Å². The second kappa shape index (κ2) is 10.8. The van der Waals surface area contributed by atoms with Gasteiger partial charge in [0.05, 0.1) is 46.2 Å². The average molecular weight is 627 g/mol. The van der Waals surface area contributed by atoms with Crippen LogP contribution in [0.5, 0.6) is 23.0 Å². The Morgan fingerprint density at radius 3 is 2.42 bits per heavy atom. The van der Waals surface area contributed by atoms with Gasteiger partial charge in [0, 0.05) is 33.7 Å². The average Bonchev–Trinajstić information content (AvgIpc) is 3.71. The molecule has 1 fully saturated rings. The summed E-state index contributed by atoms with van der Waals surface area (Å²) in [5, 5.41) is 18.8. The normalized spacial score (nSPS) is 16.9. The Kier molecular flexibility index (Phi) is 7.34. The van der Waals surface area contributed by atoms with Crippen molar-refractivity contribution in [3.63, 3.8) is 0 Å². The van der Waals surface area contributed by atoms with Crippen molar-refractivity contribution in [1.29, 1.82) is 0 Å². The molecule has 6 rings (SSSR count). The fourth-order valence-corrected chi connectivity index (χ4v) is 5.48. The molecule has 0 bridgehead atoms. The lowest BCUT2D eigenvalue weighted by molar-refractivity contribution is -0.265. The zero-order valence-electron chi connectivity index (χ0n) is 25.4. The topological polar surface area (TPSA) is 117 Å². The second-order valence-corrected chi connectivity index (χ2v) is 12.0. The number of alkyl halides is 3. The molecule has 2 aliphatic rings. The minimum absolute atomic E-state index is 0.0571. The van der Waals surface area contributed by atoms with Crippen molar-refractivity contribution >= 4 is 16.8 Å². The molecule has 1 saturated carbocycles. The lowest BCUT2D eigenvalue weighted by atomic mass is 9.84. The number of methoxy groups -OCH3 is 3. The van der Waals surface area contributed by atoms with Crippen LogP contribution in [0.25, 0.3) is 22.2 Å². The lowest BCUT2D eigenvalue weighted by Crippen LogP contribution is -2.51. The molecule has 4 aromatic rings. The number of hydrogen-bond donors (Lipinski definition) is 2. The third-order valence-electron chi connectivity index (χ3n) is 8.33. The van der Waals surface area contributed by atoms with E-state index in [0.29, 0.717) is 45.0 Å². The van der Waals surface area contributed by atoms with Crippen LogP contribution in [-0.2, 0) is 11.0 Å². The van der Waals surface area contributed by atoms with Crippen molar-refractivity contribution in [3.05, 3.63) is 59.4 Å². The first-order valence-corrected chi connectivity index (χ1v) is 14.3. The minimum Gasteiger partial charge on any atom is -0.494 e. The number of rotatable bonds is 9. The molecular weight excluding hydrogens is 593 g/mol. The number of aliphatic hydroxyl groups is 1. The van der Waals surface area contributed by atoms with Crippen molar-refractivity contribution in [2.75, 3.05) is 34.5 Å². The third kappa shape index (κ3) is 5.28. The van der Waals surface area contributed by atoms with Gasteiger partial charge < -0.3 is 29.4 Å². The Morgan fingerprint density at radius 2 is 1.78 bits per heavy atom. The van der Waals surface area contributed by atoms with Gasteiger partial charge in [0.2, 0.25) is 5.60 Å². The Hall–Kier alpha value is -4.52. The number of benzene rings is 2. The zero-order chi connectivity index (χ0) is 32.3. The third-order valence-corrected chi connectivity index (χ3v) is 8.33. The number of carbonyl (C=O) groups excluding carboxylic acids is 1. The van der Waals surface area contributed by atoms with Crippen LogP contribution in [0, 0.1) is 0 Å². The number of aromatic nitrogens is 3. The fraction of sp³-hybridized carbons (Fsp3) is 0.406. The highest BCUT2D eigenvalue weighted by molar-refractivity contribution is 6.00. The van der Waals surface area contributed by atoms with E-state index in [2.05, 4.69) is 15.4 Å². The zero-order valence-corrected chi connectivity index (χ0v) is 25.4. The molecular formula is C32H33F3N4O6. The van der Waals surface area contributed by atoms with Crippen molar-refractivity contribution in [2.24, 2.45) is 0 Å².